The largest absolute Gasteiger partial charge is 0.391 e. The summed E-state index contributed by atoms with van der Waals surface area (Å²) in [5, 5.41) is 5.34. The number of rotatable bonds is 3. The van der Waals surface area contributed by atoms with Gasteiger partial charge in [-0.1, -0.05) is 42.5 Å². The average Bonchev–Trinajstić information content (AvgIpc) is 2.98. The lowest BCUT2D eigenvalue weighted by Gasteiger charge is -2.08. The zero-order chi connectivity index (χ0) is 15.6. The Morgan fingerprint density at radius 2 is 1.52 bits per heavy atom. The lowest BCUT2D eigenvalue weighted by atomic mass is 10.1. The molecule has 25 heavy (non-hydrogen) atoms. The summed E-state index contributed by atoms with van der Waals surface area (Å²) >= 11 is 1.55. The Hall–Kier alpha value is -2.27. The van der Waals surface area contributed by atoms with Crippen LogP contribution in [0, 0.1) is 0 Å². The average molecular weight is 390 g/mol. The van der Waals surface area contributed by atoms with Gasteiger partial charge >= 0.3 is 0 Å². The van der Waals surface area contributed by atoms with Gasteiger partial charge in [-0.05, 0) is 29.3 Å². The number of fused-ring (bicyclic) bond motifs is 1. The van der Waals surface area contributed by atoms with Crippen molar-refractivity contribution in [2.24, 2.45) is 0 Å². The third-order valence-electron chi connectivity index (χ3n) is 3.74. The number of anilines is 3. The highest BCUT2D eigenvalue weighted by molar-refractivity contribution is 7.22. The number of pyridine rings is 1. The van der Waals surface area contributed by atoms with E-state index in [9.17, 15) is 0 Å². The van der Waals surface area contributed by atoms with Crippen LogP contribution in [-0.2, 0) is 0 Å². The molecule has 0 atom stereocenters. The summed E-state index contributed by atoms with van der Waals surface area (Å²) in [4.78, 5) is 4.28. The molecule has 2 aromatic carbocycles. The first-order valence-corrected chi connectivity index (χ1v) is 8.17. The van der Waals surface area contributed by atoms with E-state index in [0.29, 0.717) is 0 Å². The van der Waals surface area contributed by atoms with Gasteiger partial charge in [-0.3, -0.25) is 4.98 Å². The number of hydrogen-bond donors (Lipinski definition) is 2. The van der Waals surface area contributed by atoms with Gasteiger partial charge in [0.1, 0.15) is 0 Å². The maximum atomic E-state index is 5.90. The van der Waals surface area contributed by atoms with E-state index in [1.54, 1.807) is 11.3 Å². The lowest BCUT2D eigenvalue weighted by Crippen LogP contribution is -1.91. The summed E-state index contributed by atoms with van der Waals surface area (Å²) in [7, 11) is 0. The molecule has 4 aromatic rings. The number of aromatic nitrogens is 1. The Labute approximate surface area is 162 Å². The SMILES string of the molecule is Cl.Cl.Nc1cc2c(Nc3ccc(-c4ccccc4)cc3)cncc2s1. The zero-order valence-electron chi connectivity index (χ0n) is 13.2. The molecule has 128 valence electrons. The van der Waals surface area contributed by atoms with E-state index in [4.69, 9.17) is 5.73 Å². The number of nitrogens with zero attached hydrogens (tertiary/aromatic N) is 1. The Kier molecular flexibility index (Phi) is 6.26. The summed E-state index contributed by atoms with van der Waals surface area (Å²) in [5.41, 5.74) is 10.3. The fourth-order valence-corrected chi connectivity index (χ4v) is 3.44. The second-order valence-electron chi connectivity index (χ2n) is 5.32. The monoisotopic (exact) mass is 389 g/mol. The van der Waals surface area contributed by atoms with E-state index in [0.717, 1.165) is 26.5 Å². The van der Waals surface area contributed by atoms with Crippen molar-refractivity contribution in [1.29, 1.82) is 0 Å². The van der Waals surface area contributed by atoms with Crippen LogP contribution in [0.2, 0.25) is 0 Å². The molecule has 3 nitrogen and oxygen atoms in total. The van der Waals surface area contributed by atoms with Gasteiger partial charge in [-0.15, -0.1) is 36.2 Å². The second kappa shape index (κ2) is 8.21. The van der Waals surface area contributed by atoms with E-state index < -0.39 is 0 Å². The highest BCUT2D eigenvalue weighted by atomic mass is 35.5. The Morgan fingerprint density at radius 1 is 0.840 bits per heavy atom. The maximum Gasteiger partial charge on any atom is 0.0870 e. The third-order valence-corrected chi connectivity index (χ3v) is 4.64. The topological polar surface area (TPSA) is 50.9 Å². The summed E-state index contributed by atoms with van der Waals surface area (Å²) in [5.74, 6) is 0. The summed E-state index contributed by atoms with van der Waals surface area (Å²) < 4.78 is 1.09. The molecule has 0 spiro atoms. The molecule has 0 saturated heterocycles. The minimum atomic E-state index is 0. The van der Waals surface area contributed by atoms with Crippen LogP contribution in [-0.4, -0.2) is 4.98 Å². The van der Waals surface area contributed by atoms with E-state index in [2.05, 4.69) is 58.8 Å². The molecule has 0 aliphatic carbocycles. The molecule has 0 saturated carbocycles. The van der Waals surface area contributed by atoms with Crippen LogP contribution in [0.4, 0.5) is 16.4 Å². The molecule has 6 heteroatoms. The van der Waals surface area contributed by atoms with E-state index in [1.807, 2.05) is 24.5 Å². The maximum absolute atomic E-state index is 5.90. The summed E-state index contributed by atoms with van der Waals surface area (Å²) in [6, 6.07) is 20.7. The molecule has 4 rings (SSSR count). The molecule has 2 heterocycles. The standard InChI is InChI=1S/C19H15N3S.2ClH/c20-19-10-16-17(11-21-12-18(16)23-19)22-15-8-6-14(7-9-15)13-4-2-1-3-5-13;;/h1-12,22H,20H2;2*1H. The van der Waals surface area contributed by atoms with Crippen molar-refractivity contribution in [2.75, 3.05) is 11.1 Å². The lowest BCUT2D eigenvalue weighted by molar-refractivity contribution is 1.36. The van der Waals surface area contributed by atoms with Gasteiger partial charge in [0.2, 0.25) is 0 Å². The predicted octanol–water partition coefficient (Wildman–Crippen LogP) is 6.13. The molecule has 0 fully saturated rings. The van der Waals surface area contributed by atoms with Gasteiger partial charge in [0.05, 0.1) is 21.6 Å². The van der Waals surface area contributed by atoms with Crippen molar-refractivity contribution in [3.8, 4) is 11.1 Å². The highest BCUT2D eigenvalue weighted by Gasteiger charge is 2.06. The molecule has 0 aliphatic rings. The Bertz CT molecular complexity index is 953. The molecule has 0 amide bonds. The van der Waals surface area contributed by atoms with Crippen molar-refractivity contribution in [3.63, 3.8) is 0 Å². The number of halogens is 2. The number of nitrogens with two attached hydrogens (primary N) is 1. The van der Waals surface area contributed by atoms with E-state index in [-0.39, 0.29) is 24.8 Å². The smallest absolute Gasteiger partial charge is 0.0870 e. The van der Waals surface area contributed by atoms with Crippen molar-refractivity contribution in [2.45, 2.75) is 0 Å². The van der Waals surface area contributed by atoms with Gasteiger partial charge in [-0.2, -0.15) is 0 Å². The van der Waals surface area contributed by atoms with Gasteiger partial charge in [0, 0.05) is 17.3 Å². The normalized spacial score (nSPS) is 9.92. The van der Waals surface area contributed by atoms with Crippen LogP contribution < -0.4 is 11.1 Å². The molecular weight excluding hydrogens is 373 g/mol. The van der Waals surface area contributed by atoms with Crippen LogP contribution in [0.5, 0.6) is 0 Å². The molecule has 0 bridgehead atoms. The van der Waals surface area contributed by atoms with Crippen molar-refractivity contribution >= 4 is 62.6 Å². The first-order valence-electron chi connectivity index (χ1n) is 7.35. The summed E-state index contributed by atoms with van der Waals surface area (Å²) in [6.07, 6.45) is 3.68. The molecular formula is C19H17Cl2N3S. The first kappa shape index (κ1) is 19.1. The van der Waals surface area contributed by atoms with Crippen LogP contribution in [0.1, 0.15) is 0 Å². The third kappa shape index (κ3) is 4.04. The minimum Gasteiger partial charge on any atom is -0.391 e. The van der Waals surface area contributed by atoms with Crippen LogP contribution in [0.15, 0.2) is 73.1 Å². The van der Waals surface area contributed by atoms with Crippen LogP contribution in [0.3, 0.4) is 0 Å². The van der Waals surface area contributed by atoms with Crippen molar-refractivity contribution in [1.82, 2.24) is 4.98 Å². The van der Waals surface area contributed by atoms with Gasteiger partial charge in [-0.25, -0.2) is 0 Å². The number of thiophene rings is 1. The number of hydrogen-bond acceptors (Lipinski definition) is 4. The highest BCUT2D eigenvalue weighted by Crippen LogP contribution is 2.33. The fraction of sp³-hybridized carbons (Fsp3) is 0. The molecule has 0 aliphatic heterocycles. The molecule has 2 aromatic heterocycles. The first-order chi connectivity index (χ1) is 11.3. The Balaban J connectivity index is 0.00000113. The van der Waals surface area contributed by atoms with E-state index in [1.165, 1.54) is 11.1 Å². The number of nitrogens with one attached hydrogen (secondary N) is 1. The van der Waals surface area contributed by atoms with E-state index >= 15 is 0 Å². The minimum absolute atomic E-state index is 0. The Morgan fingerprint density at radius 3 is 2.24 bits per heavy atom. The predicted molar refractivity (Wildman–Crippen MR) is 114 cm³/mol. The van der Waals surface area contributed by atoms with Crippen LogP contribution >= 0.6 is 36.2 Å². The molecule has 0 radical (unpaired) electrons. The zero-order valence-corrected chi connectivity index (χ0v) is 15.6. The quantitative estimate of drug-likeness (QED) is 0.442. The molecule has 0 unspecified atom stereocenters. The fourth-order valence-electron chi connectivity index (χ4n) is 2.61. The number of benzene rings is 2. The van der Waals surface area contributed by atoms with Crippen molar-refractivity contribution in [3.05, 3.63) is 73.1 Å². The van der Waals surface area contributed by atoms with Gasteiger partial charge in [0.15, 0.2) is 0 Å². The number of nitrogen functional groups attached to an aromatic ring is 1. The summed E-state index contributed by atoms with van der Waals surface area (Å²) in [6.45, 7) is 0. The van der Waals surface area contributed by atoms with Crippen molar-refractivity contribution < 1.29 is 0 Å². The molecule has 3 N–H and O–H groups in total. The van der Waals surface area contributed by atoms with Crippen LogP contribution in [0.25, 0.3) is 21.2 Å². The second-order valence-corrected chi connectivity index (χ2v) is 6.43. The van der Waals surface area contributed by atoms with Gasteiger partial charge in [0.25, 0.3) is 0 Å². The van der Waals surface area contributed by atoms with Gasteiger partial charge < -0.3 is 11.1 Å².